The molecule has 6 unspecified atom stereocenters. The van der Waals surface area contributed by atoms with Crippen molar-refractivity contribution in [3.63, 3.8) is 0 Å². The third kappa shape index (κ3) is 2.95. The van der Waals surface area contributed by atoms with Crippen molar-refractivity contribution in [2.45, 2.75) is 70.8 Å². The highest BCUT2D eigenvalue weighted by atomic mass is 28.3. The van der Waals surface area contributed by atoms with Crippen LogP contribution in [-0.2, 0) is 19.0 Å². The molecule has 0 aromatic carbocycles. The van der Waals surface area contributed by atoms with E-state index in [-0.39, 0.29) is 22.9 Å². The lowest BCUT2D eigenvalue weighted by Gasteiger charge is -2.41. The minimum absolute atomic E-state index is 0.119. The molecule has 0 amide bonds. The van der Waals surface area contributed by atoms with Crippen LogP contribution in [0.25, 0.3) is 0 Å². The summed E-state index contributed by atoms with van der Waals surface area (Å²) in [5.41, 5.74) is 1.01. The summed E-state index contributed by atoms with van der Waals surface area (Å²) >= 11 is 0. The number of rotatable bonds is 7. The molecule has 6 atom stereocenters. The van der Waals surface area contributed by atoms with Crippen LogP contribution >= 0.6 is 0 Å². The molecule has 0 heterocycles. The Morgan fingerprint density at radius 1 is 1.24 bits per heavy atom. The molecule has 0 aromatic rings. The van der Waals surface area contributed by atoms with Crippen LogP contribution < -0.4 is 0 Å². The lowest BCUT2D eigenvalue weighted by Crippen LogP contribution is -2.40. The highest BCUT2D eigenvalue weighted by Gasteiger charge is 2.73. The smallest absolute Gasteiger partial charge is 0.147 e. The van der Waals surface area contributed by atoms with Crippen LogP contribution in [0.4, 0.5) is 0 Å². The Morgan fingerprint density at radius 2 is 1.96 bits per heavy atom. The molecule has 0 N–H and O–H groups in total. The molecule has 3 fully saturated rings. The number of ether oxygens (including phenoxy) is 3. The van der Waals surface area contributed by atoms with Crippen LogP contribution in [0.2, 0.25) is 25.2 Å². The number of Topliss-reactive ketones (excluding diaryl/α,β-unsaturated/α-hetero) is 1. The van der Waals surface area contributed by atoms with Crippen LogP contribution in [0.1, 0.15) is 39.5 Å². The fourth-order valence-electron chi connectivity index (χ4n) is 6.52. The molecular weight excluding hydrogens is 332 g/mol. The molecule has 3 rings (SSSR count). The topological polar surface area (TPSA) is 44.8 Å². The van der Waals surface area contributed by atoms with E-state index in [1.807, 2.05) is 0 Å². The summed E-state index contributed by atoms with van der Waals surface area (Å²) in [7, 11) is 0.346. The van der Waals surface area contributed by atoms with E-state index in [4.69, 9.17) is 14.2 Å². The van der Waals surface area contributed by atoms with E-state index < -0.39 is 8.07 Å². The summed E-state index contributed by atoms with van der Waals surface area (Å²) in [6, 6.07) is 0. The van der Waals surface area contributed by atoms with Crippen molar-refractivity contribution in [3.8, 4) is 0 Å². The first-order chi connectivity index (χ1) is 11.7. The summed E-state index contributed by atoms with van der Waals surface area (Å²) in [5, 5.41) is 0. The SMILES string of the molecule is COCCOCOC1CCC23CC(=O)C(C)C2C([Si](C)(C)C)CC13C. The Kier molecular flexibility index (Phi) is 5.26. The molecule has 25 heavy (non-hydrogen) atoms. The van der Waals surface area contributed by atoms with E-state index >= 15 is 0 Å². The molecule has 3 saturated carbocycles. The van der Waals surface area contributed by atoms with Gasteiger partial charge >= 0.3 is 0 Å². The van der Waals surface area contributed by atoms with E-state index in [2.05, 4.69) is 33.5 Å². The maximum atomic E-state index is 12.7. The van der Waals surface area contributed by atoms with Crippen LogP contribution in [-0.4, -0.2) is 47.1 Å². The molecule has 0 radical (unpaired) electrons. The lowest BCUT2D eigenvalue weighted by molar-refractivity contribution is -0.136. The Balaban J connectivity index is 1.80. The number of carbonyl (C=O) groups is 1. The second kappa shape index (κ2) is 6.74. The molecule has 144 valence electrons. The maximum Gasteiger partial charge on any atom is 0.147 e. The highest BCUT2D eigenvalue weighted by molar-refractivity contribution is 6.77. The second-order valence-corrected chi connectivity index (χ2v) is 15.4. The molecule has 4 nitrogen and oxygen atoms in total. The molecule has 0 aromatic heterocycles. The van der Waals surface area contributed by atoms with Crippen molar-refractivity contribution in [2.75, 3.05) is 27.1 Å². The zero-order valence-electron chi connectivity index (χ0n) is 16.9. The molecule has 0 aliphatic heterocycles. The van der Waals surface area contributed by atoms with E-state index in [1.165, 1.54) is 6.42 Å². The number of methoxy groups -OCH3 is 1. The molecular formula is C20H36O4Si. The van der Waals surface area contributed by atoms with Gasteiger partial charge in [-0.05, 0) is 36.1 Å². The van der Waals surface area contributed by atoms with Gasteiger partial charge in [-0.25, -0.2) is 0 Å². The van der Waals surface area contributed by atoms with Crippen LogP contribution in [0.3, 0.4) is 0 Å². The zero-order valence-corrected chi connectivity index (χ0v) is 17.9. The maximum absolute atomic E-state index is 12.7. The number of hydrogen-bond donors (Lipinski definition) is 0. The average molecular weight is 369 g/mol. The summed E-state index contributed by atoms with van der Waals surface area (Å²) in [6.07, 6.45) is 4.44. The van der Waals surface area contributed by atoms with Crippen LogP contribution in [0, 0.1) is 22.7 Å². The van der Waals surface area contributed by atoms with Crippen LogP contribution in [0.5, 0.6) is 0 Å². The van der Waals surface area contributed by atoms with Crippen molar-refractivity contribution in [1.82, 2.24) is 0 Å². The average Bonchev–Trinajstić information content (AvgIpc) is 3.03. The summed E-state index contributed by atoms with van der Waals surface area (Å²) < 4.78 is 16.8. The largest absolute Gasteiger partial charge is 0.382 e. The number of hydrogen-bond acceptors (Lipinski definition) is 4. The number of carbonyl (C=O) groups excluding carboxylic acids is 1. The third-order valence-corrected chi connectivity index (χ3v) is 10.6. The predicted molar refractivity (Wildman–Crippen MR) is 101 cm³/mol. The fraction of sp³-hybridized carbons (Fsp3) is 0.950. The van der Waals surface area contributed by atoms with Gasteiger partial charge in [0.15, 0.2) is 0 Å². The normalized spacial score (nSPS) is 43.5. The summed E-state index contributed by atoms with van der Waals surface area (Å²) in [6.45, 7) is 13.6. The van der Waals surface area contributed by atoms with Crippen molar-refractivity contribution in [2.24, 2.45) is 22.7 Å². The molecule has 1 spiro atoms. The molecule has 0 saturated heterocycles. The zero-order chi connectivity index (χ0) is 18.5. The molecule has 0 bridgehead atoms. The Bertz CT molecular complexity index is 516. The first kappa shape index (κ1) is 19.5. The minimum atomic E-state index is -1.33. The summed E-state index contributed by atoms with van der Waals surface area (Å²) in [5.74, 6) is 1.30. The first-order valence-corrected chi connectivity index (χ1v) is 13.5. The lowest BCUT2D eigenvalue weighted by atomic mass is 9.65. The van der Waals surface area contributed by atoms with Crippen molar-refractivity contribution in [1.29, 1.82) is 0 Å². The standard InChI is InChI=1S/C20H36O4Si/c1-14-15(21)11-20-8-7-17(24-13-23-10-9-22-3)19(20,2)12-16(18(14)20)25(4,5)6/h14,16-18H,7-13H2,1-6H3. The number of ketones is 1. The van der Waals surface area contributed by atoms with E-state index in [9.17, 15) is 4.79 Å². The predicted octanol–water partition coefficient (Wildman–Crippen LogP) is 4.12. The second-order valence-electron chi connectivity index (χ2n) is 9.92. The quantitative estimate of drug-likeness (QED) is 0.385. The fourth-order valence-corrected chi connectivity index (χ4v) is 9.24. The van der Waals surface area contributed by atoms with Gasteiger partial charge in [0.2, 0.25) is 0 Å². The highest BCUT2D eigenvalue weighted by Crippen LogP contribution is 2.76. The van der Waals surface area contributed by atoms with Gasteiger partial charge in [-0.3, -0.25) is 4.79 Å². The van der Waals surface area contributed by atoms with Crippen molar-refractivity contribution >= 4 is 13.9 Å². The monoisotopic (exact) mass is 368 g/mol. The molecule has 3 aliphatic carbocycles. The van der Waals surface area contributed by atoms with Gasteiger partial charge in [-0.15, -0.1) is 0 Å². The Labute approximate surface area is 154 Å². The molecule has 3 aliphatic rings. The van der Waals surface area contributed by atoms with E-state index in [0.29, 0.717) is 31.7 Å². The third-order valence-electron chi connectivity index (χ3n) is 7.85. The minimum Gasteiger partial charge on any atom is -0.382 e. The van der Waals surface area contributed by atoms with E-state index in [0.717, 1.165) is 24.8 Å². The summed E-state index contributed by atoms with van der Waals surface area (Å²) in [4.78, 5) is 12.7. The van der Waals surface area contributed by atoms with Gasteiger partial charge in [0.1, 0.15) is 12.6 Å². The van der Waals surface area contributed by atoms with Gasteiger partial charge in [-0.1, -0.05) is 33.5 Å². The Morgan fingerprint density at radius 3 is 2.60 bits per heavy atom. The van der Waals surface area contributed by atoms with Gasteiger partial charge in [-0.2, -0.15) is 0 Å². The van der Waals surface area contributed by atoms with Crippen LogP contribution in [0.15, 0.2) is 0 Å². The Hall–Kier alpha value is -0.233. The van der Waals surface area contributed by atoms with Gasteiger partial charge in [0, 0.05) is 32.9 Å². The van der Waals surface area contributed by atoms with Gasteiger partial charge in [0.05, 0.1) is 19.3 Å². The first-order valence-electron chi connectivity index (χ1n) is 9.88. The van der Waals surface area contributed by atoms with E-state index in [1.54, 1.807) is 7.11 Å². The van der Waals surface area contributed by atoms with Gasteiger partial charge in [0.25, 0.3) is 0 Å². The van der Waals surface area contributed by atoms with Crippen molar-refractivity contribution in [3.05, 3.63) is 0 Å². The van der Waals surface area contributed by atoms with Crippen molar-refractivity contribution < 1.29 is 19.0 Å². The van der Waals surface area contributed by atoms with Gasteiger partial charge < -0.3 is 14.2 Å². The molecule has 5 heteroatoms.